The van der Waals surface area contributed by atoms with Crippen LogP contribution in [0.2, 0.25) is 0 Å². The second kappa shape index (κ2) is 4.75. The van der Waals surface area contributed by atoms with Crippen LogP contribution < -0.4 is 11.5 Å². The van der Waals surface area contributed by atoms with Crippen molar-refractivity contribution in [2.24, 2.45) is 11.5 Å². The third kappa shape index (κ3) is 2.31. The van der Waals surface area contributed by atoms with Gasteiger partial charge in [-0.05, 0) is 24.6 Å². The SMILES string of the molecule is NCCc1ccccc1-c1nc(C(N)=O)no1. The van der Waals surface area contributed by atoms with E-state index in [1.807, 2.05) is 24.3 Å². The molecule has 88 valence electrons. The standard InChI is InChI=1S/C11H12N4O2/c12-6-5-7-3-1-2-4-8(7)11-14-10(9(13)16)15-17-11/h1-4H,5-6,12H2,(H2,13,16). The van der Waals surface area contributed by atoms with Crippen molar-refractivity contribution in [1.29, 1.82) is 0 Å². The molecule has 0 saturated carbocycles. The molecule has 6 heteroatoms. The summed E-state index contributed by atoms with van der Waals surface area (Å²) >= 11 is 0. The third-order valence-electron chi connectivity index (χ3n) is 2.31. The molecule has 0 atom stereocenters. The number of aromatic nitrogens is 2. The van der Waals surface area contributed by atoms with E-state index in [4.69, 9.17) is 16.0 Å². The molecule has 1 amide bonds. The lowest BCUT2D eigenvalue weighted by molar-refractivity contribution is 0.0987. The van der Waals surface area contributed by atoms with E-state index in [2.05, 4.69) is 10.1 Å². The summed E-state index contributed by atoms with van der Waals surface area (Å²) in [6.45, 7) is 0.522. The number of hydrogen-bond donors (Lipinski definition) is 2. The Bertz CT molecular complexity index is 536. The summed E-state index contributed by atoms with van der Waals surface area (Å²) in [6, 6.07) is 7.52. The van der Waals surface area contributed by atoms with Crippen molar-refractivity contribution in [3.63, 3.8) is 0 Å². The Kier molecular flexibility index (Phi) is 3.15. The van der Waals surface area contributed by atoms with Crippen LogP contribution in [0.5, 0.6) is 0 Å². The molecule has 0 fully saturated rings. The van der Waals surface area contributed by atoms with Crippen LogP contribution in [-0.4, -0.2) is 22.6 Å². The van der Waals surface area contributed by atoms with Gasteiger partial charge in [-0.3, -0.25) is 4.79 Å². The van der Waals surface area contributed by atoms with Gasteiger partial charge in [-0.1, -0.05) is 23.4 Å². The molecule has 1 aromatic heterocycles. The van der Waals surface area contributed by atoms with E-state index in [1.165, 1.54) is 0 Å². The molecule has 0 unspecified atom stereocenters. The van der Waals surface area contributed by atoms with Crippen molar-refractivity contribution >= 4 is 5.91 Å². The average molecular weight is 232 g/mol. The minimum absolute atomic E-state index is 0.123. The van der Waals surface area contributed by atoms with Gasteiger partial charge < -0.3 is 16.0 Å². The van der Waals surface area contributed by atoms with Crippen LogP contribution in [-0.2, 0) is 6.42 Å². The Balaban J connectivity index is 2.41. The topological polar surface area (TPSA) is 108 Å². The number of carbonyl (C=O) groups is 1. The van der Waals surface area contributed by atoms with Crippen molar-refractivity contribution in [2.45, 2.75) is 6.42 Å². The third-order valence-corrected chi connectivity index (χ3v) is 2.31. The number of hydrogen-bond acceptors (Lipinski definition) is 5. The molecule has 0 saturated heterocycles. The molecular weight excluding hydrogens is 220 g/mol. The summed E-state index contributed by atoms with van der Waals surface area (Å²) in [5.41, 5.74) is 12.3. The largest absolute Gasteiger partial charge is 0.363 e. The second-order valence-electron chi connectivity index (χ2n) is 3.48. The highest BCUT2D eigenvalue weighted by Crippen LogP contribution is 2.21. The van der Waals surface area contributed by atoms with Crippen molar-refractivity contribution in [1.82, 2.24) is 10.1 Å². The maximum atomic E-state index is 10.9. The summed E-state index contributed by atoms with van der Waals surface area (Å²) in [5, 5.41) is 3.50. The molecular formula is C11H12N4O2. The summed E-state index contributed by atoms with van der Waals surface area (Å²) < 4.78 is 5.00. The molecule has 6 nitrogen and oxygen atoms in total. The number of nitrogens with two attached hydrogens (primary N) is 2. The number of primary amides is 1. The molecule has 1 heterocycles. The predicted octanol–water partition coefficient (Wildman–Crippen LogP) is 0.337. The highest BCUT2D eigenvalue weighted by Gasteiger charge is 2.14. The van der Waals surface area contributed by atoms with Gasteiger partial charge in [-0.25, -0.2) is 0 Å². The first-order valence-corrected chi connectivity index (χ1v) is 5.14. The van der Waals surface area contributed by atoms with Crippen LogP contribution in [0, 0.1) is 0 Å². The summed E-state index contributed by atoms with van der Waals surface area (Å²) in [4.78, 5) is 14.8. The molecule has 0 aliphatic heterocycles. The van der Waals surface area contributed by atoms with Crippen LogP contribution in [0.15, 0.2) is 28.8 Å². The monoisotopic (exact) mass is 232 g/mol. The predicted molar refractivity (Wildman–Crippen MR) is 61.0 cm³/mol. The van der Waals surface area contributed by atoms with Gasteiger partial charge >= 0.3 is 0 Å². The van der Waals surface area contributed by atoms with Crippen LogP contribution in [0.1, 0.15) is 16.2 Å². The van der Waals surface area contributed by atoms with Gasteiger partial charge in [0.25, 0.3) is 17.6 Å². The Hall–Kier alpha value is -2.21. The molecule has 0 radical (unpaired) electrons. The maximum absolute atomic E-state index is 10.9. The summed E-state index contributed by atoms with van der Waals surface area (Å²) in [7, 11) is 0. The fourth-order valence-corrected chi connectivity index (χ4v) is 1.54. The number of rotatable bonds is 4. The number of nitrogens with zero attached hydrogens (tertiary/aromatic N) is 2. The summed E-state index contributed by atoms with van der Waals surface area (Å²) in [6.07, 6.45) is 0.699. The van der Waals surface area contributed by atoms with E-state index in [0.29, 0.717) is 13.0 Å². The zero-order valence-corrected chi connectivity index (χ0v) is 9.09. The second-order valence-corrected chi connectivity index (χ2v) is 3.48. The lowest BCUT2D eigenvalue weighted by Crippen LogP contribution is -2.12. The summed E-state index contributed by atoms with van der Waals surface area (Å²) in [5.74, 6) is -0.554. The average Bonchev–Trinajstić information content (AvgIpc) is 2.79. The van der Waals surface area contributed by atoms with Crippen molar-refractivity contribution < 1.29 is 9.32 Å². The van der Waals surface area contributed by atoms with E-state index < -0.39 is 5.91 Å². The van der Waals surface area contributed by atoms with Crippen molar-refractivity contribution in [3.05, 3.63) is 35.7 Å². The van der Waals surface area contributed by atoms with Crippen LogP contribution >= 0.6 is 0 Å². The minimum Gasteiger partial charge on any atom is -0.363 e. The number of carbonyl (C=O) groups excluding carboxylic acids is 1. The first-order chi connectivity index (χ1) is 8.22. The molecule has 17 heavy (non-hydrogen) atoms. The van der Waals surface area contributed by atoms with Crippen LogP contribution in [0.3, 0.4) is 0 Å². The van der Waals surface area contributed by atoms with Gasteiger partial charge in [0.2, 0.25) is 0 Å². The van der Waals surface area contributed by atoms with Crippen molar-refractivity contribution in [2.75, 3.05) is 6.54 Å². The highest BCUT2D eigenvalue weighted by atomic mass is 16.5. The molecule has 2 rings (SSSR count). The Morgan fingerprint density at radius 2 is 2.12 bits per heavy atom. The van der Waals surface area contributed by atoms with E-state index in [9.17, 15) is 4.79 Å². The lowest BCUT2D eigenvalue weighted by Gasteiger charge is -2.03. The Labute approximate surface area is 97.6 Å². The Morgan fingerprint density at radius 3 is 2.76 bits per heavy atom. The van der Waals surface area contributed by atoms with Gasteiger partial charge in [0.05, 0.1) is 0 Å². The molecule has 0 bridgehead atoms. The normalized spacial score (nSPS) is 10.4. The smallest absolute Gasteiger partial charge is 0.290 e. The highest BCUT2D eigenvalue weighted by molar-refractivity contribution is 5.89. The molecule has 2 aromatic rings. The minimum atomic E-state index is -0.712. The van der Waals surface area contributed by atoms with Crippen LogP contribution in [0.25, 0.3) is 11.5 Å². The first kappa shape index (κ1) is 11.3. The van der Waals surface area contributed by atoms with Gasteiger partial charge in [0, 0.05) is 5.56 Å². The number of benzene rings is 1. The van der Waals surface area contributed by atoms with E-state index in [1.54, 1.807) is 0 Å². The van der Waals surface area contributed by atoms with Crippen molar-refractivity contribution in [3.8, 4) is 11.5 Å². The van der Waals surface area contributed by atoms with Gasteiger partial charge in [0.1, 0.15) is 0 Å². The zero-order valence-electron chi connectivity index (χ0n) is 9.09. The molecule has 0 aliphatic rings. The zero-order chi connectivity index (χ0) is 12.3. The lowest BCUT2D eigenvalue weighted by atomic mass is 10.0. The molecule has 0 aliphatic carbocycles. The van der Waals surface area contributed by atoms with E-state index >= 15 is 0 Å². The first-order valence-electron chi connectivity index (χ1n) is 5.14. The fraction of sp³-hybridized carbons (Fsp3) is 0.182. The van der Waals surface area contributed by atoms with Gasteiger partial charge in [0.15, 0.2) is 0 Å². The fourth-order valence-electron chi connectivity index (χ4n) is 1.54. The van der Waals surface area contributed by atoms with Crippen LogP contribution in [0.4, 0.5) is 0 Å². The van der Waals surface area contributed by atoms with E-state index in [0.717, 1.165) is 11.1 Å². The van der Waals surface area contributed by atoms with Gasteiger partial charge in [-0.15, -0.1) is 0 Å². The quantitative estimate of drug-likeness (QED) is 0.790. The van der Waals surface area contributed by atoms with E-state index in [-0.39, 0.29) is 11.7 Å². The Morgan fingerprint density at radius 1 is 1.35 bits per heavy atom. The van der Waals surface area contributed by atoms with Gasteiger partial charge in [-0.2, -0.15) is 4.98 Å². The maximum Gasteiger partial charge on any atom is 0.290 e. The molecule has 1 aromatic carbocycles. The molecule has 0 spiro atoms. The molecule has 4 N–H and O–H groups in total. The number of amides is 1.